The highest BCUT2D eigenvalue weighted by atomic mass is 16.3. The molecular formula is C15H33NO. The fourth-order valence-corrected chi connectivity index (χ4v) is 2.96. The summed E-state index contributed by atoms with van der Waals surface area (Å²) in [4.78, 5) is 0. The lowest BCUT2D eigenvalue weighted by atomic mass is 9.66. The molecule has 0 aromatic heterocycles. The molecular weight excluding hydrogens is 210 g/mol. The van der Waals surface area contributed by atoms with Gasteiger partial charge in [0.05, 0.1) is 6.61 Å². The summed E-state index contributed by atoms with van der Waals surface area (Å²) in [6.45, 7) is 14.2. The zero-order valence-corrected chi connectivity index (χ0v) is 12.9. The third kappa shape index (κ3) is 5.87. The van der Waals surface area contributed by atoms with Crippen molar-refractivity contribution in [3.8, 4) is 0 Å². The molecule has 0 spiro atoms. The molecule has 0 amide bonds. The second-order valence-electron chi connectivity index (χ2n) is 7.01. The average Bonchev–Trinajstić information content (AvgIpc) is 2.23. The molecule has 0 aromatic rings. The summed E-state index contributed by atoms with van der Waals surface area (Å²) >= 11 is 0. The number of hydrogen-bond donors (Lipinski definition) is 2. The van der Waals surface area contributed by atoms with Crippen molar-refractivity contribution in [2.75, 3.05) is 13.7 Å². The van der Waals surface area contributed by atoms with Crippen LogP contribution < -0.4 is 5.32 Å². The van der Waals surface area contributed by atoms with E-state index < -0.39 is 0 Å². The predicted molar refractivity (Wildman–Crippen MR) is 76.2 cm³/mol. The molecule has 2 N–H and O–H groups in total. The minimum absolute atomic E-state index is 0.220. The first-order chi connectivity index (χ1) is 7.68. The van der Waals surface area contributed by atoms with Gasteiger partial charge in [0.1, 0.15) is 0 Å². The lowest BCUT2D eigenvalue weighted by Gasteiger charge is -2.40. The third-order valence-corrected chi connectivity index (χ3v) is 4.31. The minimum atomic E-state index is 0.220. The average molecular weight is 243 g/mol. The van der Waals surface area contributed by atoms with Crippen molar-refractivity contribution in [1.29, 1.82) is 0 Å². The maximum atomic E-state index is 9.28. The van der Waals surface area contributed by atoms with Crippen molar-refractivity contribution < 1.29 is 5.11 Å². The molecule has 0 aliphatic heterocycles. The topological polar surface area (TPSA) is 32.3 Å². The number of nitrogens with one attached hydrogen (secondary N) is 1. The molecule has 17 heavy (non-hydrogen) atoms. The maximum absolute atomic E-state index is 9.28. The largest absolute Gasteiger partial charge is 0.395 e. The van der Waals surface area contributed by atoms with Gasteiger partial charge in [-0.1, -0.05) is 48.0 Å². The molecule has 0 heterocycles. The lowest BCUT2D eigenvalue weighted by Crippen LogP contribution is -2.37. The molecule has 0 bridgehead atoms. The molecule has 0 fully saturated rings. The van der Waals surface area contributed by atoms with E-state index in [0.29, 0.717) is 5.41 Å². The highest BCUT2D eigenvalue weighted by Gasteiger charge is 2.33. The van der Waals surface area contributed by atoms with E-state index in [-0.39, 0.29) is 18.1 Å². The van der Waals surface area contributed by atoms with Crippen molar-refractivity contribution in [3.63, 3.8) is 0 Å². The highest BCUT2D eigenvalue weighted by molar-refractivity contribution is 4.85. The number of rotatable bonds is 8. The van der Waals surface area contributed by atoms with Gasteiger partial charge in [-0.25, -0.2) is 0 Å². The number of aliphatic hydroxyl groups is 1. The molecule has 0 saturated heterocycles. The van der Waals surface area contributed by atoms with Crippen LogP contribution in [0.25, 0.3) is 0 Å². The van der Waals surface area contributed by atoms with E-state index in [2.05, 4.69) is 46.9 Å². The highest BCUT2D eigenvalue weighted by Crippen LogP contribution is 2.42. The smallest absolute Gasteiger partial charge is 0.0584 e. The van der Waals surface area contributed by atoms with Gasteiger partial charge in [-0.05, 0) is 36.6 Å². The molecule has 0 aromatic carbocycles. The Kier molecular flexibility index (Phi) is 6.71. The summed E-state index contributed by atoms with van der Waals surface area (Å²) in [7, 11) is 1.93. The van der Waals surface area contributed by atoms with Crippen LogP contribution in [0, 0.1) is 16.7 Å². The van der Waals surface area contributed by atoms with Gasteiger partial charge in [0, 0.05) is 6.04 Å². The Hall–Kier alpha value is -0.0800. The van der Waals surface area contributed by atoms with E-state index >= 15 is 0 Å². The number of aliphatic hydroxyl groups excluding tert-OH is 1. The second-order valence-corrected chi connectivity index (χ2v) is 7.01. The van der Waals surface area contributed by atoms with Crippen molar-refractivity contribution in [2.24, 2.45) is 16.7 Å². The molecule has 2 unspecified atom stereocenters. The van der Waals surface area contributed by atoms with Crippen LogP contribution in [0.2, 0.25) is 0 Å². The zero-order valence-electron chi connectivity index (χ0n) is 12.9. The van der Waals surface area contributed by atoms with E-state index in [1.165, 1.54) is 12.8 Å². The van der Waals surface area contributed by atoms with Crippen LogP contribution in [0.3, 0.4) is 0 Å². The maximum Gasteiger partial charge on any atom is 0.0584 e. The molecule has 0 saturated carbocycles. The molecule has 0 rings (SSSR count). The van der Waals surface area contributed by atoms with Crippen molar-refractivity contribution in [3.05, 3.63) is 0 Å². The Labute approximate surface area is 108 Å². The molecule has 104 valence electrons. The van der Waals surface area contributed by atoms with Crippen LogP contribution in [-0.4, -0.2) is 24.8 Å². The first-order valence-electron chi connectivity index (χ1n) is 6.96. The number of likely N-dealkylation sites (N-methyl/N-ethyl adjacent to an activating group) is 1. The first kappa shape index (κ1) is 16.9. The predicted octanol–water partition coefficient (Wildman–Crippen LogP) is 3.45. The summed E-state index contributed by atoms with van der Waals surface area (Å²) in [6.07, 6.45) is 3.46. The molecule has 2 heteroatoms. The van der Waals surface area contributed by atoms with Crippen LogP contribution in [0.4, 0.5) is 0 Å². The SMILES string of the molecule is CCC(C)C(C)(C)CC(C)(C)CC(CO)NC. The van der Waals surface area contributed by atoms with Crippen molar-refractivity contribution >= 4 is 0 Å². The second kappa shape index (κ2) is 6.75. The van der Waals surface area contributed by atoms with E-state index in [4.69, 9.17) is 0 Å². The first-order valence-corrected chi connectivity index (χ1v) is 6.96. The quantitative estimate of drug-likeness (QED) is 0.684. The summed E-state index contributed by atoms with van der Waals surface area (Å²) in [5, 5.41) is 12.5. The Morgan fingerprint density at radius 1 is 1.18 bits per heavy atom. The van der Waals surface area contributed by atoms with Crippen LogP contribution in [-0.2, 0) is 0 Å². The fourth-order valence-electron chi connectivity index (χ4n) is 2.96. The van der Waals surface area contributed by atoms with Gasteiger partial charge < -0.3 is 10.4 Å². The minimum Gasteiger partial charge on any atom is -0.395 e. The Morgan fingerprint density at radius 3 is 2.06 bits per heavy atom. The standard InChI is InChI=1S/C15H33NO/c1-8-12(2)15(5,6)11-14(3,4)9-13(10-17)16-7/h12-13,16-17H,8-11H2,1-7H3. The molecule has 0 radical (unpaired) electrons. The van der Waals surface area contributed by atoms with Gasteiger partial charge >= 0.3 is 0 Å². The van der Waals surface area contributed by atoms with Gasteiger partial charge in [-0.15, -0.1) is 0 Å². The molecule has 0 aliphatic carbocycles. The van der Waals surface area contributed by atoms with Crippen molar-refractivity contribution in [2.45, 2.75) is 66.8 Å². The van der Waals surface area contributed by atoms with Gasteiger partial charge in [0.25, 0.3) is 0 Å². The molecule has 0 aliphatic rings. The van der Waals surface area contributed by atoms with Crippen LogP contribution in [0.5, 0.6) is 0 Å². The Morgan fingerprint density at radius 2 is 1.71 bits per heavy atom. The Balaban J connectivity index is 4.52. The summed E-state index contributed by atoms with van der Waals surface area (Å²) in [6, 6.07) is 0.220. The van der Waals surface area contributed by atoms with Gasteiger partial charge in [-0.2, -0.15) is 0 Å². The zero-order chi connectivity index (χ0) is 13.7. The normalized spacial score (nSPS) is 16.9. The molecule has 2 atom stereocenters. The van der Waals surface area contributed by atoms with Crippen LogP contribution in [0.1, 0.15) is 60.8 Å². The summed E-state index contributed by atoms with van der Waals surface area (Å²) in [5.41, 5.74) is 0.634. The van der Waals surface area contributed by atoms with Crippen molar-refractivity contribution in [1.82, 2.24) is 5.32 Å². The van der Waals surface area contributed by atoms with Gasteiger partial charge in [0.15, 0.2) is 0 Å². The number of hydrogen-bond acceptors (Lipinski definition) is 2. The third-order valence-electron chi connectivity index (χ3n) is 4.31. The monoisotopic (exact) mass is 243 g/mol. The summed E-state index contributed by atoms with van der Waals surface area (Å²) in [5.74, 6) is 0.740. The molecule has 2 nitrogen and oxygen atoms in total. The van der Waals surface area contributed by atoms with Crippen LogP contribution in [0.15, 0.2) is 0 Å². The van der Waals surface area contributed by atoms with E-state index in [1.807, 2.05) is 7.05 Å². The van der Waals surface area contributed by atoms with E-state index in [9.17, 15) is 5.11 Å². The Bertz CT molecular complexity index is 207. The van der Waals surface area contributed by atoms with Gasteiger partial charge in [0.2, 0.25) is 0 Å². The van der Waals surface area contributed by atoms with E-state index in [0.717, 1.165) is 12.3 Å². The van der Waals surface area contributed by atoms with E-state index in [1.54, 1.807) is 0 Å². The van der Waals surface area contributed by atoms with Gasteiger partial charge in [-0.3, -0.25) is 0 Å². The van der Waals surface area contributed by atoms with Crippen LogP contribution >= 0.6 is 0 Å². The summed E-state index contributed by atoms with van der Waals surface area (Å²) < 4.78 is 0. The lowest BCUT2D eigenvalue weighted by molar-refractivity contribution is 0.102. The fraction of sp³-hybridized carbons (Fsp3) is 1.00.